The minimum atomic E-state index is -1.50. The molecule has 0 spiro atoms. The molecule has 140 valence electrons. The molecular weight excluding hydrogens is 366 g/mol. The van der Waals surface area contributed by atoms with Crippen molar-refractivity contribution in [3.05, 3.63) is 62.9 Å². The van der Waals surface area contributed by atoms with Gasteiger partial charge >= 0.3 is 5.97 Å². The average Bonchev–Trinajstić information content (AvgIpc) is 3.07. The molecule has 0 aliphatic carbocycles. The zero-order valence-corrected chi connectivity index (χ0v) is 14.3. The van der Waals surface area contributed by atoms with Gasteiger partial charge in [-0.2, -0.15) is 5.26 Å². The van der Waals surface area contributed by atoms with Crippen LogP contribution in [0, 0.1) is 0 Å². The Bertz CT molecular complexity index is 1250. The molecule has 9 heteroatoms. The number of ether oxygens (including phenoxy) is 1. The first-order valence-electron chi connectivity index (χ1n) is 8.47. The van der Waals surface area contributed by atoms with Crippen LogP contribution in [0.3, 0.4) is 0 Å². The van der Waals surface area contributed by atoms with Gasteiger partial charge < -0.3 is 14.4 Å². The molecular formula is C19H13N3O6. The van der Waals surface area contributed by atoms with Crippen molar-refractivity contribution in [3.63, 3.8) is 0 Å². The summed E-state index contributed by atoms with van der Waals surface area (Å²) < 4.78 is 6.42. The lowest BCUT2D eigenvalue weighted by Crippen LogP contribution is -2.32. The summed E-state index contributed by atoms with van der Waals surface area (Å²) in [6.45, 7) is 0.0498. The molecule has 0 saturated carbocycles. The number of rotatable bonds is 2. The van der Waals surface area contributed by atoms with E-state index in [4.69, 9.17) is 9.99 Å². The van der Waals surface area contributed by atoms with E-state index in [-0.39, 0.29) is 29.8 Å². The normalized spacial score (nSPS) is 17.4. The van der Waals surface area contributed by atoms with Crippen molar-refractivity contribution in [2.45, 2.75) is 19.3 Å². The van der Waals surface area contributed by atoms with Gasteiger partial charge in [0.25, 0.3) is 5.56 Å². The van der Waals surface area contributed by atoms with E-state index < -0.39 is 12.1 Å². The molecule has 2 aromatic heterocycles. The van der Waals surface area contributed by atoms with E-state index in [1.165, 1.54) is 10.8 Å². The van der Waals surface area contributed by atoms with Crippen LogP contribution < -0.4 is 5.56 Å². The number of carbonyl (C=O) groups is 1. The van der Waals surface area contributed by atoms with Gasteiger partial charge in [-0.15, -0.1) is 0 Å². The van der Waals surface area contributed by atoms with Gasteiger partial charge in [0, 0.05) is 22.1 Å². The molecule has 0 amide bonds. The van der Waals surface area contributed by atoms with Crippen molar-refractivity contribution in [1.29, 1.82) is 0 Å². The summed E-state index contributed by atoms with van der Waals surface area (Å²) in [7, 11) is 0. The molecule has 28 heavy (non-hydrogen) atoms. The number of pyridine rings is 2. The highest BCUT2D eigenvalue weighted by molar-refractivity contribution is 6.02. The summed E-state index contributed by atoms with van der Waals surface area (Å²) in [5.41, 5.74) is 3.24. The lowest BCUT2D eigenvalue weighted by atomic mass is 9.99. The molecule has 0 fully saturated rings. The second kappa shape index (κ2) is 5.98. The zero-order chi connectivity index (χ0) is 19.4. The minimum Gasteiger partial charge on any atom is -0.458 e. The first-order valence-corrected chi connectivity index (χ1v) is 8.47. The lowest BCUT2D eigenvalue weighted by Gasteiger charge is -2.21. The standard InChI is InChI=1S/C19H13N3O6/c23-17-10-5-15-16-12(7-22(15)18(24)13(10)8-27-19(17)25)11(6-20-28-26)9-3-1-2-4-14(9)21-16/h1-6,17,23,26H,7-8H2/b20-6+. The van der Waals surface area contributed by atoms with Crippen molar-refractivity contribution in [1.82, 2.24) is 9.55 Å². The Hall–Kier alpha value is -3.56. The predicted octanol–water partition coefficient (Wildman–Crippen LogP) is 1.34. The van der Waals surface area contributed by atoms with Crippen molar-refractivity contribution in [2.24, 2.45) is 5.16 Å². The molecule has 0 radical (unpaired) electrons. The number of hydrogen-bond donors (Lipinski definition) is 2. The van der Waals surface area contributed by atoms with Gasteiger partial charge in [-0.3, -0.25) is 4.79 Å². The number of nitrogens with zero attached hydrogens (tertiary/aromatic N) is 3. The number of aliphatic hydroxyl groups is 1. The number of aromatic nitrogens is 2. The largest absolute Gasteiger partial charge is 0.458 e. The predicted molar refractivity (Wildman–Crippen MR) is 96.6 cm³/mol. The SMILES string of the molecule is O=C1OCc2c(cc3n(c2=O)Cc2c-3nc3ccccc3c2/C=N/OO)C1O. The highest BCUT2D eigenvalue weighted by Gasteiger charge is 2.34. The summed E-state index contributed by atoms with van der Waals surface area (Å²) in [5, 5.41) is 23.0. The van der Waals surface area contributed by atoms with Crippen LogP contribution in [-0.4, -0.2) is 32.1 Å². The molecule has 1 aromatic carbocycles. The highest BCUT2D eigenvalue weighted by Crippen LogP contribution is 2.37. The maximum Gasteiger partial charge on any atom is 0.340 e. The van der Waals surface area contributed by atoms with Crippen LogP contribution in [0.2, 0.25) is 0 Å². The second-order valence-corrected chi connectivity index (χ2v) is 6.55. The Labute approximate surface area is 157 Å². The molecule has 2 aliphatic rings. The Kier molecular flexibility index (Phi) is 3.54. The summed E-state index contributed by atoms with van der Waals surface area (Å²) in [6, 6.07) is 8.96. The van der Waals surface area contributed by atoms with Gasteiger partial charge in [0.1, 0.15) is 6.61 Å². The van der Waals surface area contributed by atoms with Gasteiger partial charge in [-0.05, 0) is 12.1 Å². The van der Waals surface area contributed by atoms with Crippen LogP contribution in [-0.2, 0) is 27.7 Å². The number of esters is 1. The molecule has 3 aromatic rings. The number of aliphatic hydroxyl groups excluding tert-OH is 1. The molecule has 9 nitrogen and oxygen atoms in total. The Morgan fingerprint density at radius 3 is 2.93 bits per heavy atom. The van der Waals surface area contributed by atoms with Crippen LogP contribution in [0.15, 0.2) is 40.3 Å². The average molecular weight is 379 g/mol. The van der Waals surface area contributed by atoms with Crippen molar-refractivity contribution in [3.8, 4) is 11.4 Å². The van der Waals surface area contributed by atoms with E-state index >= 15 is 0 Å². The van der Waals surface area contributed by atoms with Crippen molar-refractivity contribution >= 4 is 23.1 Å². The number of para-hydroxylation sites is 1. The minimum absolute atomic E-state index is 0.178. The smallest absolute Gasteiger partial charge is 0.340 e. The Morgan fingerprint density at radius 1 is 1.29 bits per heavy atom. The van der Waals surface area contributed by atoms with Crippen molar-refractivity contribution in [2.75, 3.05) is 0 Å². The lowest BCUT2D eigenvalue weighted by molar-refractivity contribution is -0.242. The fourth-order valence-electron chi connectivity index (χ4n) is 3.83. The van der Waals surface area contributed by atoms with Crippen LogP contribution in [0.4, 0.5) is 0 Å². The third-order valence-corrected chi connectivity index (χ3v) is 5.14. The van der Waals surface area contributed by atoms with Crippen LogP contribution in [0.1, 0.15) is 28.4 Å². The number of cyclic esters (lactones) is 1. The van der Waals surface area contributed by atoms with E-state index in [9.17, 15) is 14.7 Å². The van der Waals surface area contributed by atoms with E-state index in [1.54, 1.807) is 6.07 Å². The van der Waals surface area contributed by atoms with E-state index in [0.29, 0.717) is 22.5 Å². The monoisotopic (exact) mass is 379 g/mol. The van der Waals surface area contributed by atoms with Gasteiger partial charge in [-0.1, -0.05) is 23.4 Å². The molecule has 0 saturated heterocycles. The molecule has 1 unspecified atom stereocenters. The van der Waals surface area contributed by atoms with E-state index in [0.717, 1.165) is 10.9 Å². The molecule has 2 aliphatic heterocycles. The number of fused-ring (bicyclic) bond motifs is 5. The maximum absolute atomic E-state index is 13.0. The Morgan fingerprint density at radius 2 is 2.11 bits per heavy atom. The number of carbonyl (C=O) groups excluding carboxylic acids is 1. The van der Waals surface area contributed by atoms with Crippen LogP contribution in [0.5, 0.6) is 0 Å². The molecule has 1 atom stereocenters. The van der Waals surface area contributed by atoms with Crippen LogP contribution in [0.25, 0.3) is 22.3 Å². The third kappa shape index (κ3) is 2.20. The van der Waals surface area contributed by atoms with Crippen LogP contribution >= 0.6 is 0 Å². The van der Waals surface area contributed by atoms with Gasteiger partial charge in [-0.25, -0.2) is 14.8 Å². The quantitative estimate of drug-likeness (QED) is 0.233. The highest BCUT2D eigenvalue weighted by atomic mass is 17.2. The fraction of sp³-hybridized carbons (Fsp3) is 0.158. The zero-order valence-electron chi connectivity index (χ0n) is 14.3. The summed E-state index contributed by atoms with van der Waals surface area (Å²) >= 11 is 0. The fourth-order valence-corrected chi connectivity index (χ4v) is 3.83. The van der Waals surface area contributed by atoms with Gasteiger partial charge in [0.15, 0.2) is 6.10 Å². The first-order chi connectivity index (χ1) is 13.6. The molecule has 4 heterocycles. The summed E-state index contributed by atoms with van der Waals surface area (Å²) in [5.74, 6) is -0.783. The Balaban J connectivity index is 1.82. The third-order valence-electron chi connectivity index (χ3n) is 5.14. The molecule has 0 bridgehead atoms. The van der Waals surface area contributed by atoms with Gasteiger partial charge in [0.05, 0.1) is 35.2 Å². The number of oxime groups is 1. The van der Waals surface area contributed by atoms with Gasteiger partial charge in [0.2, 0.25) is 0 Å². The number of benzene rings is 1. The summed E-state index contributed by atoms with van der Waals surface area (Å²) in [6.07, 6.45) is -0.142. The van der Waals surface area contributed by atoms with Crippen molar-refractivity contribution < 1.29 is 24.9 Å². The van der Waals surface area contributed by atoms with E-state index in [1.807, 2.05) is 24.3 Å². The summed E-state index contributed by atoms with van der Waals surface area (Å²) in [4.78, 5) is 33.2. The topological polar surface area (TPSA) is 123 Å². The first kappa shape index (κ1) is 16.6. The molecule has 5 rings (SSSR count). The maximum atomic E-state index is 13.0. The second-order valence-electron chi connectivity index (χ2n) is 6.55. The molecule has 2 N–H and O–H groups in total. The van der Waals surface area contributed by atoms with E-state index in [2.05, 4.69) is 15.1 Å². The number of hydrogen-bond acceptors (Lipinski definition) is 8.